The Morgan fingerprint density at radius 1 is 1.18 bits per heavy atom. The number of aliphatic hydroxyl groups is 3. The van der Waals surface area contributed by atoms with Gasteiger partial charge in [0.15, 0.2) is 6.29 Å². The van der Waals surface area contributed by atoms with Crippen LogP contribution in [0.15, 0.2) is 42.5 Å². The average molecular weight is 304 g/mol. The van der Waals surface area contributed by atoms with Crippen LogP contribution in [0.25, 0.3) is 0 Å². The predicted molar refractivity (Wildman–Crippen MR) is 83.0 cm³/mol. The van der Waals surface area contributed by atoms with Gasteiger partial charge in [0.2, 0.25) is 0 Å². The van der Waals surface area contributed by atoms with Gasteiger partial charge in [0.05, 0.1) is 18.3 Å². The van der Waals surface area contributed by atoms with Gasteiger partial charge in [-0.1, -0.05) is 42.5 Å². The minimum absolute atomic E-state index is 0.0338. The van der Waals surface area contributed by atoms with Gasteiger partial charge in [-0.25, -0.2) is 0 Å². The second-order valence-corrected chi connectivity index (χ2v) is 6.39. The molecule has 2 fully saturated rings. The van der Waals surface area contributed by atoms with Crippen LogP contribution < -0.4 is 0 Å². The van der Waals surface area contributed by atoms with E-state index in [2.05, 4.69) is 12.1 Å². The van der Waals surface area contributed by atoms with E-state index in [0.717, 1.165) is 6.42 Å². The third-order valence-corrected chi connectivity index (χ3v) is 4.82. The van der Waals surface area contributed by atoms with E-state index in [1.54, 1.807) is 6.08 Å². The quantitative estimate of drug-likeness (QED) is 0.723. The molecule has 1 saturated heterocycles. The molecule has 2 aliphatic rings. The van der Waals surface area contributed by atoms with Crippen LogP contribution in [0.2, 0.25) is 0 Å². The number of aliphatic hydroxyl groups excluding tert-OH is 3. The van der Waals surface area contributed by atoms with Crippen molar-refractivity contribution in [1.82, 2.24) is 0 Å². The lowest BCUT2D eigenvalue weighted by molar-refractivity contribution is -0.0949. The molecule has 4 heteroatoms. The third kappa shape index (κ3) is 3.58. The first kappa shape index (κ1) is 15.7. The molecule has 0 spiro atoms. The molecule has 0 amide bonds. The summed E-state index contributed by atoms with van der Waals surface area (Å²) in [5.41, 5.74) is 1.21. The zero-order valence-electron chi connectivity index (χ0n) is 12.6. The first-order valence-corrected chi connectivity index (χ1v) is 8.05. The minimum atomic E-state index is -0.707. The number of hydrogen-bond donors (Lipinski definition) is 3. The third-order valence-electron chi connectivity index (χ3n) is 4.82. The van der Waals surface area contributed by atoms with Gasteiger partial charge in [-0.15, -0.1) is 0 Å². The van der Waals surface area contributed by atoms with Gasteiger partial charge in [0.25, 0.3) is 0 Å². The maximum atomic E-state index is 10.1. The molecule has 1 aromatic rings. The van der Waals surface area contributed by atoms with E-state index in [1.807, 2.05) is 24.3 Å². The highest BCUT2D eigenvalue weighted by molar-refractivity contribution is 5.15. The largest absolute Gasteiger partial charge is 0.392 e. The number of benzene rings is 1. The summed E-state index contributed by atoms with van der Waals surface area (Å²) in [7, 11) is 0. The normalized spacial score (nSPS) is 35.9. The van der Waals surface area contributed by atoms with E-state index in [0.29, 0.717) is 19.3 Å². The average Bonchev–Trinajstić information content (AvgIpc) is 2.99. The molecule has 1 saturated carbocycles. The Morgan fingerprint density at radius 2 is 1.95 bits per heavy atom. The zero-order chi connectivity index (χ0) is 15.5. The van der Waals surface area contributed by atoms with Gasteiger partial charge in [-0.3, -0.25) is 0 Å². The van der Waals surface area contributed by atoms with Gasteiger partial charge >= 0.3 is 0 Å². The second-order valence-electron chi connectivity index (χ2n) is 6.39. The lowest BCUT2D eigenvalue weighted by Gasteiger charge is -2.16. The van der Waals surface area contributed by atoms with Crippen molar-refractivity contribution in [3.05, 3.63) is 48.0 Å². The van der Waals surface area contributed by atoms with Gasteiger partial charge in [0, 0.05) is 18.8 Å². The summed E-state index contributed by atoms with van der Waals surface area (Å²) < 4.78 is 5.40. The molecule has 1 aliphatic carbocycles. The van der Waals surface area contributed by atoms with Crippen LogP contribution in [-0.2, 0) is 11.2 Å². The van der Waals surface area contributed by atoms with Gasteiger partial charge in [-0.05, 0) is 24.3 Å². The Balaban J connectivity index is 1.52. The van der Waals surface area contributed by atoms with Crippen LogP contribution in [0.5, 0.6) is 0 Å². The molecule has 1 aliphatic heterocycles. The SMILES string of the molecule is OC1C[C@H]2C(C[C@@H](O)[C@@H]2C=C[C@@H](O)CCc2ccccc2)O1. The molecular weight excluding hydrogens is 280 g/mol. The molecule has 4 nitrogen and oxygen atoms in total. The fourth-order valence-corrected chi connectivity index (χ4v) is 3.64. The Labute approximate surface area is 131 Å². The fraction of sp³-hybridized carbons (Fsp3) is 0.556. The maximum Gasteiger partial charge on any atom is 0.155 e. The molecule has 0 radical (unpaired) electrons. The summed E-state index contributed by atoms with van der Waals surface area (Å²) in [6, 6.07) is 10.1. The van der Waals surface area contributed by atoms with Crippen molar-refractivity contribution >= 4 is 0 Å². The fourth-order valence-electron chi connectivity index (χ4n) is 3.64. The maximum absolute atomic E-state index is 10.1. The molecule has 22 heavy (non-hydrogen) atoms. The molecular formula is C18H24O4. The van der Waals surface area contributed by atoms with Crippen molar-refractivity contribution < 1.29 is 20.1 Å². The van der Waals surface area contributed by atoms with E-state index < -0.39 is 18.5 Å². The molecule has 3 rings (SSSR count). The first-order chi connectivity index (χ1) is 10.6. The Kier molecular flexibility index (Phi) is 4.93. The van der Waals surface area contributed by atoms with Crippen LogP contribution in [0.4, 0.5) is 0 Å². The monoisotopic (exact) mass is 304 g/mol. The number of rotatable bonds is 5. The standard InChI is InChI=1S/C18H24O4/c19-13(7-6-12-4-2-1-3-5-12)8-9-14-15-10-18(21)22-17(15)11-16(14)20/h1-5,8-9,13-21H,6-7,10-11H2/t13-,14+,15+,16+,17?,18?/m0/s1. The Bertz CT molecular complexity index is 501. The van der Waals surface area contributed by atoms with Gasteiger partial charge < -0.3 is 20.1 Å². The Hall–Kier alpha value is -1.20. The van der Waals surface area contributed by atoms with E-state index in [-0.39, 0.29) is 17.9 Å². The molecule has 1 aromatic carbocycles. The van der Waals surface area contributed by atoms with Crippen molar-refractivity contribution in [3.8, 4) is 0 Å². The number of ether oxygens (including phenoxy) is 1. The van der Waals surface area contributed by atoms with Crippen molar-refractivity contribution in [1.29, 1.82) is 0 Å². The lowest BCUT2D eigenvalue weighted by atomic mass is 9.91. The highest BCUT2D eigenvalue weighted by Gasteiger charge is 2.47. The topological polar surface area (TPSA) is 69.9 Å². The van der Waals surface area contributed by atoms with E-state index in [9.17, 15) is 15.3 Å². The van der Waals surface area contributed by atoms with Crippen molar-refractivity contribution in [2.45, 2.75) is 50.3 Å². The van der Waals surface area contributed by atoms with Crippen LogP contribution in [-0.4, -0.2) is 39.9 Å². The minimum Gasteiger partial charge on any atom is -0.392 e. The lowest BCUT2D eigenvalue weighted by Crippen LogP contribution is -2.19. The van der Waals surface area contributed by atoms with E-state index in [1.165, 1.54) is 5.56 Å². The van der Waals surface area contributed by atoms with Crippen molar-refractivity contribution in [3.63, 3.8) is 0 Å². The van der Waals surface area contributed by atoms with Crippen LogP contribution in [0.3, 0.4) is 0 Å². The molecule has 0 aromatic heterocycles. The smallest absolute Gasteiger partial charge is 0.155 e. The summed E-state index contributed by atoms with van der Waals surface area (Å²) in [4.78, 5) is 0. The van der Waals surface area contributed by atoms with Crippen molar-refractivity contribution in [2.75, 3.05) is 0 Å². The molecule has 3 N–H and O–H groups in total. The summed E-state index contributed by atoms with van der Waals surface area (Å²) in [5, 5.41) is 29.8. The molecule has 0 bridgehead atoms. The summed E-state index contributed by atoms with van der Waals surface area (Å²) in [5.74, 6) is 0.121. The summed E-state index contributed by atoms with van der Waals surface area (Å²) >= 11 is 0. The number of fused-ring (bicyclic) bond motifs is 1. The van der Waals surface area contributed by atoms with E-state index >= 15 is 0 Å². The first-order valence-electron chi connectivity index (χ1n) is 8.05. The Morgan fingerprint density at radius 3 is 2.73 bits per heavy atom. The predicted octanol–water partition coefficient (Wildman–Crippen LogP) is 1.64. The summed E-state index contributed by atoms with van der Waals surface area (Å²) in [6.45, 7) is 0. The molecule has 120 valence electrons. The number of hydrogen-bond acceptors (Lipinski definition) is 4. The van der Waals surface area contributed by atoms with E-state index in [4.69, 9.17) is 4.74 Å². The highest BCUT2D eigenvalue weighted by Crippen LogP contribution is 2.43. The van der Waals surface area contributed by atoms with Gasteiger partial charge in [0.1, 0.15) is 0 Å². The van der Waals surface area contributed by atoms with Crippen molar-refractivity contribution in [2.24, 2.45) is 11.8 Å². The van der Waals surface area contributed by atoms with Gasteiger partial charge in [-0.2, -0.15) is 0 Å². The van der Waals surface area contributed by atoms with Crippen LogP contribution in [0, 0.1) is 11.8 Å². The second kappa shape index (κ2) is 6.92. The molecule has 1 heterocycles. The number of aryl methyl sites for hydroxylation is 1. The zero-order valence-corrected chi connectivity index (χ0v) is 12.6. The summed E-state index contributed by atoms with van der Waals surface area (Å²) in [6.07, 6.45) is 4.59. The van der Waals surface area contributed by atoms with Crippen LogP contribution >= 0.6 is 0 Å². The van der Waals surface area contributed by atoms with Crippen LogP contribution in [0.1, 0.15) is 24.8 Å². The molecule has 2 unspecified atom stereocenters. The highest BCUT2D eigenvalue weighted by atomic mass is 16.6. The molecule has 6 atom stereocenters.